The molecule has 1 aliphatic heterocycles. The van der Waals surface area contributed by atoms with Gasteiger partial charge in [0.25, 0.3) is 0 Å². The average molecular weight is 287 g/mol. The number of rotatable bonds is 3. The number of para-hydroxylation sites is 1. The van der Waals surface area contributed by atoms with Crippen LogP contribution < -0.4 is 5.32 Å². The molecular weight excluding hydrogens is 270 g/mol. The summed E-state index contributed by atoms with van der Waals surface area (Å²) >= 11 is 1.45. The number of nitrogens with one attached hydrogen (secondary N) is 1. The fraction of sp³-hybridized carbons (Fsp3) is 0.333. The smallest absolute Gasteiger partial charge is 0.230 e. The van der Waals surface area contributed by atoms with Crippen LogP contribution in [0.5, 0.6) is 0 Å². The van der Waals surface area contributed by atoms with Crippen LogP contribution in [0.4, 0.5) is 5.69 Å². The lowest BCUT2D eigenvalue weighted by atomic mass is 10.1. The summed E-state index contributed by atoms with van der Waals surface area (Å²) < 4.78 is 0. The first kappa shape index (κ1) is 13.2. The zero-order valence-electron chi connectivity index (χ0n) is 11.4. The quantitative estimate of drug-likeness (QED) is 0.929. The van der Waals surface area contributed by atoms with Crippen LogP contribution in [0.3, 0.4) is 0 Å². The van der Waals surface area contributed by atoms with Gasteiger partial charge in [-0.1, -0.05) is 36.5 Å². The van der Waals surface area contributed by atoms with E-state index < -0.39 is 0 Å². The van der Waals surface area contributed by atoms with Gasteiger partial charge in [0.2, 0.25) is 5.91 Å². The monoisotopic (exact) mass is 287 g/mol. The van der Waals surface area contributed by atoms with Crippen LogP contribution in [-0.4, -0.2) is 34.8 Å². The normalized spacial score (nSPS) is 17.6. The minimum Gasteiger partial charge on any atom is -0.353 e. The van der Waals surface area contributed by atoms with Gasteiger partial charge in [-0.25, -0.2) is 4.99 Å². The minimum absolute atomic E-state index is 0.0815. The molecule has 1 heterocycles. The van der Waals surface area contributed by atoms with Crippen molar-refractivity contribution < 1.29 is 4.79 Å². The Kier molecular flexibility index (Phi) is 3.53. The van der Waals surface area contributed by atoms with Crippen LogP contribution in [0.1, 0.15) is 18.4 Å². The van der Waals surface area contributed by atoms with Crippen LogP contribution in [0, 0.1) is 0 Å². The van der Waals surface area contributed by atoms with Gasteiger partial charge >= 0.3 is 0 Å². The Labute approximate surface area is 123 Å². The number of aliphatic imine (C=N–C) groups is 1. The molecule has 4 nitrogen and oxygen atoms in total. The molecule has 1 N–H and O–H groups in total. The lowest BCUT2D eigenvalue weighted by Gasteiger charge is -2.28. The molecule has 0 aromatic heterocycles. The molecule has 5 heteroatoms. The van der Waals surface area contributed by atoms with Crippen molar-refractivity contribution in [1.29, 1.82) is 0 Å². The number of fused-ring (bicyclic) bond motifs is 1. The van der Waals surface area contributed by atoms with Crippen molar-refractivity contribution in [3.8, 4) is 0 Å². The van der Waals surface area contributed by atoms with Gasteiger partial charge in [0.15, 0.2) is 5.17 Å². The van der Waals surface area contributed by atoms with Gasteiger partial charge in [0.1, 0.15) is 0 Å². The van der Waals surface area contributed by atoms with E-state index in [-0.39, 0.29) is 5.91 Å². The second-order valence-electron chi connectivity index (χ2n) is 5.05. The molecule has 1 aliphatic carbocycles. The second kappa shape index (κ2) is 5.32. The number of hydrogen-bond donors (Lipinski definition) is 1. The Hall–Kier alpha value is -1.75. The third-order valence-corrected chi connectivity index (χ3v) is 4.43. The summed E-state index contributed by atoms with van der Waals surface area (Å²) in [5.74, 6) is 0.479. The molecule has 0 unspecified atom stereocenters. The standard InChI is InChI=1S/C15H17N3OS/c1-10-12-5-3-4-6-13(12)17-15(18(10)2)20-9-14(19)16-11-7-8-11/h3-6,11H,1,7-9H2,2H3,(H,16,19). The SMILES string of the molecule is C=C1c2ccccc2N=C(SCC(=O)NC2CC2)N1C. The van der Waals surface area contributed by atoms with Crippen molar-refractivity contribution >= 4 is 34.2 Å². The summed E-state index contributed by atoms with van der Waals surface area (Å²) in [6.45, 7) is 4.10. The predicted octanol–water partition coefficient (Wildman–Crippen LogP) is 2.60. The number of carbonyl (C=O) groups excluding carboxylic acids is 1. The van der Waals surface area contributed by atoms with E-state index in [4.69, 9.17) is 0 Å². The fourth-order valence-electron chi connectivity index (χ4n) is 2.05. The molecular formula is C15H17N3OS. The van der Waals surface area contributed by atoms with Crippen LogP contribution >= 0.6 is 11.8 Å². The van der Waals surface area contributed by atoms with Crippen LogP contribution in [-0.2, 0) is 4.79 Å². The number of thioether (sulfide) groups is 1. The van der Waals surface area contributed by atoms with E-state index in [0.29, 0.717) is 11.8 Å². The fourth-order valence-corrected chi connectivity index (χ4v) is 2.86. The highest BCUT2D eigenvalue weighted by atomic mass is 32.2. The van der Waals surface area contributed by atoms with E-state index >= 15 is 0 Å². The van der Waals surface area contributed by atoms with Crippen molar-refractivity contribution in [2.75, 3.05) is 12.8 Å². The number of benzene rings is 1. The van der Waals surface area contributed by atoms with Gasteiger partial charge in [-0.15, -0.1) is 0 Å². The summed E-state index contributed by atoms with van der Waals surface area (Å²) in [7, 11) is 1.93. The lowest BCUT2D eigenvalue weighted by molar-refractivity contribution is -0.118. The summed E-state index contributed by atoms with van der Waals surface area (Å²) in [5.41, 5.74) is 2.88. The van der Waals surface area contributed by atoms with E-state index in [1.165, 1.54) is 11.8 Å². The highest BCUT2D eigenvalue weighted by Crippen LogP contribution is 2.34. The van der Waals surface area contributed by atoms with Crippen molar-refractivity contribution in [3.63, 3.8) is 0 Å². The summed E-state index contributed by atoms with van der Waals surface area (Å²) in [6, 6.07) is 8.33. The molecule has 3 rings (SSSR count). The van der Waals surface area contributed by atoms with Crippen molar-refractivity contribution in [1.82, 2.24) is 10.2 Å². The molecule has 1 amide bonds. The predicted molar refractivity (Wildman–Crippen MR) is 84.0 cm³/mol. The van der Waals surface area contributed by atoms with Crippen LogP contribution in [0.15, 0.2) is 35.8 Å². The van der Waals surface area contributed by atoms with E-state index in [0.717, 1.165) is 35.0 Å². The van der Waals surface area contributed by atoms with Gasteiger partial charge in [0, 0.05) is 24.4 Å². The first-order valence-corrected chi connectivity index (χ1v) is 7.66. The van der Waals surface area contributed by atoms with Gasteiger partial charge < -0.3 is 10.2 Å². The third kappa shape index (κ3) is 2.72. The molecule has 0 bridgehead atoms. The third-order valence-electron chi connectivity index (χ3n) is 3.40. The van der Waals surface area contributed by atoms with Gasteiger partial charge in [-0.05, 0) is 18.9 Å². The maximum Gasteiger partial charge on any atom is 0.230 e. The van der Waals surface area contributed by atoms with Crippen molar-refractivity contribution in [2.45, 2.75) is 18.9 Å². The Morgan fingerprint density at radius 1 is 1.50 bits per heavy atom. The second-order valence-corrected chi connectivity index (χ2v) is 5.99. The van der Waals surface area contributed by atoms with Gasteiger partial charge in [-0.2, -0.15) is 0 Å². The van der Waals surface area contributed by atoms with Crippen LogP contribution in [0.2, 0.25) is 0 Å². The molecule has 0 atom stereocenters. The maximum atomic E-state index is 11.7. The Morgan fingerprint density at radius 2 is 2.25 bits per heavy atom. The Balaban J connectivity index is 1.70. The van der Waals surface area contributed by atoms with Crippen LogP contribution in [0.25, 0.3) is 5.70 Å². The topological polar surface area (TPSA) is 44.7 Å². The largest absolute Gasteiger partial charge is 0.353 e. The Morgan fingerprint density at radius 3 is 3.00 bits per heavy atom. The number of hydrogen-bond acceptors (Lipinski definition) is 4. The zero-order valence-corrected chi connectivity index (χ0v) is 12.2. The summed E-state index contributed by atoms with van der Waals surface area (Å²) in [4.78, 5) is 18.3. The molecule has 1 aromatic rings. The van der Waals surface area contributed by atoms with Crippen molar-refractivity contribution in [3.05, 3.63) is 36.4 Å². The summed E-state index contributed by atoms with van der Waals surface area (Å²) in [5, 5.41) is 3.80. The van der Waals surface area contributed by atoms with E-state index in [1.54, 1.807) is 0 Å². The molecule has 2 aliphatic rings. The number of amides is 1. The maximum absolute atomic E-state index is 11.7. The lowest BCUT2D eigenvalue weighted by Crippen LogP contribution is -2.30. The number of carbonyl (C=O) groups is 1. The molecule has 1 fully saturated rings. The molecule has 0 spiro atoms. The van der Waals surface area contributed by atoms with Crippen molar-refractivity contribution in [2.24, 2.45) is 4.99 Å². The molecule has 1 saturated carbocycles. The average Bonchev–Trinajstić information content (AvgIpc) is 3.25. The van der Waals surface area contributed by atoms with E-state index in [2.05, 4.69) is 16.9 Å². The highest BCUT2D eigenvalue weighted by Gasteiger charge is 2.25. The first-order valence-electron chi connectivity index (χ1n) is 6.68. The minimum atomic E-state index is 0.0815. The van der Waals surface area contributed by atoms with Gasteiger partial charge in [-0.3, -0.25) is 4.79 Å². The molecule has 0 saturated heterocycles. The van der Waals surface area contributed by atoms with E-state index in [9.17, 15) is 4.79 Å². The zero-order chi connectivity index (χ0) is 14.1. The molecule has 104 valence electrons. The number of amidine groups is 1. The summed E-state index contributed by atoms with van der Waals surface area (Å²) in [6.07, 6.45) is 2.23. The molecule has 1 aromatic carbocycles. The van der Waals surface area contributed by atoms with Gasteiger partial charge in [0.05, 0.1) is 11.4 Å². The highest BCUT2D eigenvalue weighted by molar-refractivity contribution is 8.14. The molecule has 20 heavy (non-hydrogen) atoms. The Bertz CT molecular complexity index is 593. The van der Waals surface area contributed by atoms with E-state index in [1.807, 2.05) is 36.2 Å². The number of nitrogens with zero attached hydrogens (tertiary/aromatic N) is 2. The molecule has 0 radical (unpaired) electrons. The first-order chi connectivity index (χ1) is 9.65.